The zero-order valence-electron chi connectivity index (χ0n) is 12.0. The number of halogens is 1. The van der Waals surface area contributed by atoms with Crippen molar-refractivity contribution >= 4 is 15.9 Å². The molecule has 0 fully saturated rings. The lowest BCUT2D eigenvalue weighted by Crippen LogP contribution is -2.38. The lowest BCUT2D eigenvalue weighted by atomic mass is 9.88. The van der Waals surface area contributed by atoms with E-state index < -0.39 is 11.7 Å². The molecule has 1 aromatic heterocycles. The van der Waals surface area contributed by atoms with Gasteiger partial charge in [-0.2, -0.15) is 5.10 Å². The smallest absolute Gasteiger partial charge is 0.126 e. The molecule has 0 saturated heterocycles. The van der Waals surface area contributed by atoms with Crippen molar-refractivity contribution in [2.75, 3.05) is 20.8 Å². The summed E-state index contributed by atoms with van der Waals surface area (Å²) in [5.74, 6) is 0. The first-order valence-corrected chi connectivity index (χ1v) is 7.28. The normalized spacial score (nSPS) is 13.8. The van der Waals surface area contributed by atoms with E-state index >= 15 is 0 Å². The maximum Gasteiger partial charge on any atom is 0.126 e. The van der Waals surface area contributed by atoms with E-state index in [1.807, 2.05) is 13.8 Å². The van der Waals surface area contributed by atoms with Gasteiger partial charge in [-0.1, -0.05) is 13.8 Å². The van der Waals surface area contributed by atoms with Crippen molar-refractivity contribution in [3.63, 3.8) is 0 Å². The van der Waals surface area contributed by atoms with Gasteiger partial charge in [0, 0.05) is 14.2 Å². The van der Waals surface area contributed by atoms with Crippen LogP contribution in [0.15, 0.2) is 10.7 Å². The van der Waals surface area contributed by atoms with Gasteiger partial charge in [0.15, 0.2) is 0 Å². The van der Waals surface area contributed by atoms with Crippen LogP contribution in [-0.2, 0) is 16.0 Å². The largest absolute Gasteiger partial charge is 0.384 e. The molecular formula is C13H23BrN2O3. The third kappa shape index (κ3) is 3.37. The Labute approximate surface area is 123 Å². The van der Waals surface area contributed by atoms with Crippen LogP contribution < -0.4 is 0 Å². The monoisotopic (exact) mass is 334 g/mol. The number of nitrogens with zero attached hydrogens (tertiary/aromatic N) is 2. The highest BCUT2D eigenvalue weighted by Crippen LogP contribution is 2.37. The van der Waals surface area contributed by atoms with Crippen LogP contribution >= 0.6 is 15.9 Å². The molecule has 110 valence electrons. The van der Waals surface area contributed by atoms with Gasteiger partial charge in [-0.15, -0.1) is 0 Å². The Kier molecular flexibility index (Phi) is 6.46. The lowest BCUT2D eigenvalue weighted by molar-refractivity contribution is -0.113. The number of hydrogen-bond acceptors (Lipinski definition) is 4. The molecule has 0 saturated carbocycles. The van der Waals surface area contributed by atoms with Gasteiger partial charge in [0.2, 0.25) is 0 Å². The summed E-state index contributed by atoms with van der Waals surface area (Å²) in [6.45, 7) is 5.17. The molecule has 0 spiro atoms. The summed E-state index contributed by atoms with van der Waals surface area (Å²) >= 11 is 3.45. The van der Waals surface area contributed by atoms with Crippen LogP contribution in [0.5, 0.6) is 0 Å². The Morgan fingerprint density at radius 2 is 2.05 bits per heavy atom. The summed E-state index contributed by atoms with van der Waals surface area (Å²) in [6, 6.07) is 0. The first kappa shape index (κ1) is 16.6. The van der Waals surface area contributed by atoms with Crippen molar-refractivity contribution in [1.29, 1.82) is 0 Å². The van der Waals surface area contributed by atoms with Crippen LogP contribution in [0.25, 0.3) is 0 Å². The minimum atomic E-state index is -0.735. The second-order valence-corrected chi connectivity index (χ2v) is 5.33. The van der Waals surface area contributed by atoms with Crippen molar-refractivity contribution in [3.05, 3.63) is 16.4 Å². The van der Waals surface area contributed by atoms with Crippen molar-refractivity contribution in [2.24, 2.45) is 0 Å². The predicted octanol–water partition coefficient (Wildman–Crippen LogP) is 2.53. The molecule has 0 aromatic carbocycles. The Morgan fingerprint density at radius 3 is 2.53 bits per heavy atom. The predicted molar refractivity (Wildman–Crippen MR) is 77.1 cm³/mol. The SMILES string of the molecule is CCC(CC)(OC)C(O)c1c(Br)cnn1CCOC. The number of aromatic nitrogens is 2. The second kappa shape index (κ2) is 7.38. The van der Waals surface area contributed by atoms with E-state index in [-0.39, 0.29) is 0 Å². The molecule has 19 heavy (non-hydrogen) atoms. The Balaban J connectivity index is 3.09. The van der Waals surface area contributed by atoms with Crippen LogP contribution in [0.2, 0.25) is 0 Å². The molecule has 1 atom stereocenters. The molecule has 0 aliphatic heterocycles. The Bertz CT molecular complexity index is 383. The Morgan fingerprint density at radius 1 is 1.42 bits per heavy atom. The van der Waals surface area contributed by atoms with Crippen molar-refractivity contribution in [3.8, 4) is 0 Å². The van der Waals surface area contributed by atoms with Gasteiger partial charge >= 0.3 is 0 Å². The molecule has 1 N–H and O–H groups in total. The molecule has 0 aliphatic rings. The van der Waals surface area contributed by atoms with E-state index in [1.54, 1.807) is 25.1 Å². The van der Waals surface area contributed by atoms with Gasteiger partial charge < -0.3 is 14.6 Å². The highest BCUT2D eigenvalue weighted by molar-refractivity contribution is 9.10. The summed E-state index contributed by atoms with van der Waals surface area (Å²) in [5.41, 5.74) is 0.149. The summed E-state index contributed by atoms with van der Waals surface area (Å²) in [7, 11) is 3.28. The number of ether oxygens (including phenoxy) is 2. The third-order valence-corrected chi connectivity index (χ3v) is 4.31. The van der Waals surface area contributed by atoms with E-state index in [0.29, 0.717) is 13.2 Å². The third-order valence-electron chi connectivity index (χ3n) is 3.70. The van der Waals surface area contributed by atoms with Crippen LogP contribution in [0.4, 0.5) is 0 Å². The number of rotatable bonds is 8. The molecule has 6 heteroatoms. The van der Waals surface area contributed by atoms with Gasteiger partial charge in [-0.3, -0.25) is 4.68 Å². The van der Waals surface area contributed by atoms with Crippen molar-refractivity contribution in [2.45, 2.75) is 44.9 Å². The maximum atomic E-state index is 10.7. The highest BCUT2D eigenvalue weighted by atomic mass is 79.9. The van der Waals surface area contributed by atoms with Crippen LogP contribution in [0.1, 0.15) is 38.5 Å². The topological polar surface area (TPSA) is 56.5 Å². The van der Waals surface area contributed by atoms with E-state index in [9.17, 15) is 5.11 Å². The average molecular weight is 335 g/mol. The fourth-order valence-electron chi connectivity index (χ4n) is 2.29. The summed E-state index contributed by atoms with van der Waals surface area (Å²) in [6.07, 6.45) is 2.41. The van der Waals surface area contributed by atoms with Gasteiger partial charge in [0.05, 0.1) is 35.1 Å². The molecule has 0 bridgehead atoms. The van der Waals surface area contributed by atoms with Gasteiger partial charge in [0.25, 0.3) is 0 Å². The Hall–Kier alpha value is -0.430. The molecule has 1 aromatic rings. The lowest BCUT2D eigenvalue weighted by Gasteiger charge is -2.35. The molecule has 0 radical (unpaired) electrons. The van der Waals surface area contributed by atoms with Crippen LogP contribution in [0, 0.1) is 0 Å². The van der Waals surface area contributed by atoms with E-state index in [1.165, 1.54) is 0 Å². The summed E-state index contributed by atoms with van der Waals surface area (Å²) < 4.78 is 13.2. The first-order valence-electron chi connectivity index (χ1n) is 6.49. The minimum absolute atomic E-state index is 0.548. The minimum Gasteiger partial charge on any atom is -0.384 e. The fourth-order valence-corrected chi connectivity index (χ4v) is 2.80. The van der Waals surface area contributed by atoms with Gasteiger partial charge in [-0.25, -0.2) is 0 Å². The summed E-state index contributed by atoms with van der Waals surface area (Å²) in [4.78, 5) is 0. The first-order chi connectivity index (χ1) is 9.06. The molecular weight excluding hydrogens is 312 g/mol. The van der Waals surface area contributed by atoms with Gasteiger partial charge in [-0.05, 0) is 28.8 Å². The van der Waals surface area contributed by atoms with E-state index in [4.69, 9.17) is 9.47 Å². The molecule has 5 nitrogen and oxygen atoms in total. The second-order valence-electron chi connectivity index (χ2n) is 4.47. The van der Waals surface area contributed by atoms with Crippen molar-refractivity contribution in [1.82, 2.24) is 9.78 Å². The van der Waals surface area contributed by atoms with Gasteiger partial charge in [0.1, 0.15) is 6.10 Å². The van der Waals surface area contributed by atoms with Crippen LogP contribution in [-0.4, -0.2) is 41.3 Å². The zero-order valence-corrected chi connectivity index (χ0v) is 13.6. The molecule has 1 unspecified atom stereocenters. The zero-order chi connectivity index (χ0) is 14.5. The number of hydrogen-bond donors (Lipinski definition) is 1. The maximum absolute atomic E-state index is 10.7. The standard InChI is InChI=1S/C13H23BrN2O3/c1-5-13(6-2,19-4)12(17)11-10(14)9-15-16(11)7-8-18-3/h9,12,17H,5-8H2,1-4H3. The molecule has 1 heterocycles. The van der Waals surface area contributed by atoms with Crippen molar-refractivity contribution < 1.29 is 14.6 Å². The molecule has 0 amide bonds. The number of aliphatic hydroxyl groups excluding tert-OH is 1. The quantitative estimate of drug-likeness (QED) is 0.793. The van der Waals surface area contributed by atoms with E-state index in [2.05, 4.69) is 21.0 Å². The summed E-state index contributed by atoms with van der Waals surface area (Å²) in [5, 5.41) is 15.0. The molecule has 0 aliphatic carbocycles. The average Bonchev–Trinajstić information content (AvgIpc) is 2.79. The number of aliphatic hydroxyl groups is 1. The van der Waals surface area contributed by atoms with E-state index in [0.717, 1.165) is 23.0 Å². The fraction of sp³-hybridized carbons (Fsp3) is 0.769. The van der Waals surface area contributed by atoms with Crippen LogP contribution in [0.3, 0.4) is 0 Å². The molecule has 1 rings (SSSR count). The number of methoxy groups -OCH3 is 2. The highest BCUT2D eigenvalue weighted by Gasteiger charge is 2.38.